The number of esters is 1. The lowest BCUT2D eigenvalue weighted by molar-refractivity contribution is -0.144. The van der Waals surface area contributed by atoms with Crippen LogP contribution in [0.4, 0.5) is 0 Å². The second-order valence-electron chi connectivity index (χ2n) is 5.79. The van der Waals surface area contributed by atoms with Crippen molar-refractivity contribution in [3.05, 3.63) is 0 Å². The molecule has 1 saturated carbocycles. The maximum Gasteiger partial charge on any atom is 0.306 e. The fraction of sp³-hybridized carbons (Fsp3) is 0.867. The van der Waals surface area contributed by atoms with Gasteiger partial charge >= 0.3 is 5.97 Å². The minimum atomic E-state index is -0.0885. The molecular formula is C15H26O3. The zero-order valence-electron chi connectivity index (χ0n) is 11.9. The molecule has 0 unspecified atom stereocenters. The first-order valence-corrected chi connectivity index (χ1v) is 7.21. The molecule has 1 fully saturated rings. The molecule has 0 aromatic carbocycles. The second-order valence-corrected chi connectivity index (χ2v) is 5.79. The van der Waals surface area contributed by atoms with Crippen LogP contribution in [0.5, 0.6) is 0 Å². The Bertz CT molecular complexity index is 275. The second kappa shape index (κ2) is 7.55. The van der Waals surface area contributed by atoms with Crippen LogP contribution >= 0.6 is 0 Å². The summed E-state index contributed by atoms with van der Waals surface area (Å²) in [7, 11) is 0. The molecule has 0 saturated heterocycles. The van der Waals surface area contributed by atoms with Crippen LogP contribution in [-0.4, -0.2) is 18.4 Å². The van der Waals surface area contributed by atoms with E-state index in [-0.39, 0.29) is 11.9 Å². The molecule has 0 aliphatic heterocycles. The van der Waals surface area contributed by atoms with E-state index >= 15 is 0 Å². The van der Waals surface area contributed by atoms with Crippen molar-refractivity contribution in [2.75, 3.05) is 6.61 Å². The standard InChI is InChI=1S/C15H26O3/c1-4-18-15(17)10-12-5-7-13(8-6-12)14(16)9-11(2)3/h11-13H,4-10H2,1-3H3. The fourth-order valence-electron chi connectivity index (χ4n) is 2.71. The predicted octanol–water partition coefficient (Wildman–Crippen LogP) is 3.36. The maximum atomic E-state index is 11.9. The minimum absolute atomic E-state index is 0.0885. The van der Waals surface area contributed by atoms with Crippen molar-refractivity contribution in [3.63, 3.8) is 0 Å². The van der Waals surface area contributed by atoms with E-state index in [1.165, 1.54) is 0 Å². The Balaban J connectivity index is 2.28. The minimum Gasteiger partial charge on any atom is -0.466 e. The summed E-state index contributed by atoms with van der Waals surface area (Å²) in [4.78, 5) is 23.3. The van der Waals surface area contributed by atoms with Crippen molar-refractivity contribution in [2.45, 2.75) is 59.3 Å². The number of Topliss-reactive ketones (excluding diaryl/α,β-unsaturated/α-hetero) is 1. The Morgan fingerprint density at radius 1 is 1.17 bits per heavy atom. The van der Waals surface area contributed by atoms with Gasteiger partial charge in [-0.05, 0) is 44.4 Å². The molecule has 18 heavy (non-hydrogen) atoms. The molecule has 0 bridgehead atoms. The van der Waals surface area contributed by atoms with Gasteiger partial charge in [-0.15, -0.1) is 0 Å². The Hall–Kier alpha value is -0.860. The zero-order chi connectivity index (χ0) is 13.5. The van der Waals surface area contributed by atoms with E-state index in [4.69, 9.17) is 4.74 Å². The lowest BCUT2D eigenvalue weighted by Gasteiger charge is -2.27. The third kappa shape index (κ3) is 5.19. The van der Waals surface area contributed by atoms with Gasteiger partial charge in [-0.3, -0.25) is 9.59 Å². The first kappa shape index (κ1) is 15.2. The monoisotopic (exact) mass is 254 g/mol. The molecule has 3 heteroatoms. The number of rotatable bonds is 6. The number of hydrogen-bond donors (Lipinski definition) is 0. The van der Waals surface area contributed by atoms with Crippen molar-refractivity contribution < 1.29 is 14.3 Å². The summed E-state index contributed by atoms with van der Waals surface area (Å²) in [6, 6.07) is 0. The summed E-state index contributed by atoms with van der Waals surface area (Å²) < 4.78 is 4.97. The van der Waals surface area contributed by atoms with Gasteiger partial charge < -0.3 is 4.74 Å². The average molecular weight is 254 g/mol. The summed E-state index contributed by atoms with van der Waals surface area (Å²) in [5.41, 5.74) is 0. The molecule has 104 valence electrons. The molecule has 1 aliphatic carbocycles. The average Bonchev–Trinajstić information content (AvgIpc) is 2.29. The zero-order valence-corrected chi connectivity index (χ0v) is 11.9. The van der Waals surface area contributed by atoms with Gasteiger partial charge in [0.1, 0.15) is 5.78 Å². The largest absolute Gasteiger partial charge is 0.466 e. The number of ether oxygens (including phenoxy) is 1. The number of hydrogen-bond acceptors (Lipinski definition) is 3. The lowest BCUT2D eigenvalue weighted by Crippen LogP contribution is -2.24. The highest BCUT2D eigenvalue weighted by Crippen LogP contribution is 2.32. The molecular weight excluding hydrogens is 228 g/mol. The van der Waals surface area contributed by atoms with Gasteiger partial charge in [0.15, 0.2) is 0 Å². The fourth-order valence-corrected chi connectivity index (χ4v) is 2.71. The third-order valence-electron chi connectivity index (χ3n) is 3.67. The summed E-state index contributed by atoms with van der Waals surface area (Å²) in [5.74, 6) is 1.45. The van der Waals surface area contributed by atoms with Crippen molar-refractivity contribution in [3.8, 4) is 0 Å². The molecule has 0 N–H and O–H groups in total. The van der Waals surface area contributed by atoms with Gasteiger partial charge in [-0.25, -0.2) is 0 Å². The Labute approximate surface area is 110 Å². The first-order valence-electron chi connectivity index (χ1n) is 7.21. The van der Waals surface area contributed by atoms with Crippen molar-refractivity contribution in [1.82, 2.24) is 0 Å². The SMILES string of the molecule is CCOC(=O)CC1CCC(C(=O)CC(C)C)CC1. The smallest absolute Gasteiger partial charge is 0.306 e. The molecule has 0 amide bonds. The van der Waals surface area contributed by atoms with Crippen LogP contribution < -0.4 is 0 Å². The van der Waals surface area contributed by atoms with E-state index in [0.29, 0.717) is 37.1 Å². The summed E-state index contributed by atoms with van der Waals surface area (Å²) in [5, 5.41) is 0. The van der Waals surface area contributed by atoms with Crippen LogP contribution in [0.1, 0.15) is 59.3 Å². The van der Waals surface area contributed by atoms with Crippen molar-refractivity contribution >= 4 is 11.8 Å². The Morgan fingerprint density at radius 2 is 1.78 bits per heavy atom. The number of carbonyl (C=O) groups excluding carboxylic acids is 2. The maximum absolute atomic E-state index is 11.9. The van der Waals surface area contributed by atoms with E-state index in [1.54, 1.807) is 0 Å². The molecule has 0 radical (unpaired) electrons. The third-order valence-corrected chi connectivity index (χ3v) is 3.67. The molecule has 1 aliphatic rings. The van der Waals surface area contributed by atoms with E-state index in [0.717, 1.165) is 25.7 Å². The summed E-state index contributed by atoms with van der Waals surface area (Å²) in [6.07, 6.45) is 5.12. The summed E-state index contributed by atoms with van der Waals surface area (Å²) in [6.45, 7) is 6.47. The van der Waals surface area contributed by atoms with Gasteiger partial charge in [0, 0.05) is 18.8 Å². The van der Waals surface area contributed by atoms with E-state index in [2.05, 4.69) is 13.8 Å². The molecule has 0 atom stereocenters. The number of carbonyl (C=O) groups is 2. The normalized spacial score (nSPS) is 24.0. The van der Waals surface area contributed by atoms with Crippen LogP contribution in [0.3, 0.4) is 0 Å². The summed E-state index contributed by atoms with van der Waals surface area (Å²) >= 11 is 0. The molecule has 3 nitrogen and oxygen atoms in total. The van der Waals surface area contributed by atoms with Crippen LogP contribution in [0.15, 0.2) is 0 Å². The Morgan fingerprint density at radius 3 is 2.28 bits per heavy atom. The van der Waals surface area contributed by atoms with E-state index in [9.17, 15) is 9.59 Å². The van der Waals surface area contributed by atoms with Crippen LogP contribution in [0.25, 0.3) is 0 Å². The topological polar surface area (TPSA) is 43.4 Å². The van der Waals surface area contributed by atoms with E-state index in [1.807, 2.05) is 6.92 Å². The van der Waals surface area contributed by atoms with E-state index < -0.39 is 0 Å². The van der Waals surface area contributed by atoms with Gasteiger partial charge in [0.2, 0.25) is 0 Å². The molecule has 0 aromatic heterocycles. The molecule has 0 spiro atoms. The van der Waals surface area contributed by atoms with Crippen LogP contribution in [0, 0.1) is 17.8 Å². The Kier molecular flexibility index (Phi) is 6.37. The van der Waals surface area contributed by atoms with Gasteiger partial charge in [-0.1, -0.05) is 13.8 Å². The predicted molar refractivity (Wildman–Crippen MR) is 71.2 cm³/mol. The highest BCUT2D eigenvalue weighted by molar-refractivity contribution is 5.81. The van der Waals surface area contributed by atoms with Gasteiger partial charge in [0.25, 0.3) is 0 Å². The highest BCUT2D eigenvalue weighted by atomic mass is 16.5. The first-order chi connectivity index (χ1) is 8.52. The number of ketones is 1. The van der Waals surface area contributed by atoms with Crippen LogP contribution in [0.2, 0.25) is 0 Å². The molecule has 1 rings (SSSR count). The molecule has 0 heterocycles. The quantitative estimate of drug-likeness (QED) is 0.683. The highest BCUT2D eigenvalue weighted by Gasteiger charge is 2.27. The van der Waals surface area contributed by atoms with Crippen molar-refractivity contribution in [2.24, 2.45) is 17.8 Å². The molecule has 0 aromatic rings. The lowest BCUT2D eigenvalue weighted by atomic mass is 9.77. The van der Waals surface area contributed by atoms with Gasteiger partial charge in [0.05, 0.1) is 6.61 Å². The van der Waals surface area contributed by atoms with Crippen LogP contribution in [-0.2, 0) is 14.3 Å². The van der Waals surface area contributed by atoms with Crippen molar-refractivity contribution in [1.29, 1.82) is 0 Å². The van der Waals surface area contributed by atoms with Gasteiger partial charge in [-0.2, -0.15) is 0 Å².